The van der Waals surface area contributed by atoms with E-state index in [1.165, 1.54) is 37.5 Å². The maximum Gasteiger partial charge on any atom is 0.337 e. The Labute approximate surface area is 130 Å². The Hall–Kier alpha value is -2.29. The van der Waals surface area contributed by atoms with E-state index < -0.39 is 0 Å². The van der Waals surface area contributed by atoms with Crippen molar-refractivity contribution in [3.05, 3.63) is 64.7 Å². The van der Waals surface area contributed by atoms with Crippen LogP contribution in [-0.2, 0) is 24.2 Å². The van der Waals surface area contributed by atoms with Crippen molar-refractivity contribution < 1.29 is 14.3 Å². The minimum absolute atomic E-state index is 0.323. The fourth-order valence-corrected chi connectivity index (χ4v) is 2.87. The highest BCUT2D eigenvalue weighted by Crippen LogP contribution is 2.25. The van der Waals surface area contributed by atoms with Gasteiger partial charge in [0.25, 0.3) is 0 Å². The Morgan fingerprint density at radius 3 is 2.68 bits per heavy atom. The van der Waals surface area contributed by atoms with E-state index in [1.807, 2.05) is 24.3 Å². The van der Waals surface area contributed by atoms with E-state index in [0.717, 1.165) is 17.7 Å². The zero-order valence-corrected chi connectivity index (χ0v) is 12.8. The number of ether oxygens (including phenoxy) is 2. The zero-order chi connectivity index (χ0) is 15.4. The fraction of sp³-hybridized carbons (Fsp3) is 0.316. The minimum atomic E-state index is -0.323. The van der Waals surface area contributed by atoms with Crippen molar-refractivity contribution in [2.24, 2.45) is 0 Å². The van der Waals surface area contributed by atoms with Gasteiger partial charge in [0, 0.05) is 0 Å². The third kappa shape index (κ3) is 3.30. The Kier molecular flexibility index (Phi) is 4.42. The highest BCUT2D eigenvalue weighted by molar-refractivity contribution is 5.89. The molecule has 0 spiro atoms. The van der Waals surface area contributed by atoms with Gasteiger partial charge in [-0.25, -0.2) is 4.79 Å². The van der Waals surface area contributed by atoms with Crippen molar-refractivity contribution in [2.45, 2.75) is 32.3 Å². The summed E-state index contributed by atoms with van der Waals surface area (Å²) in [4.78, 5) is 11.5. The van der Waals surface area contributed by atoms with Crippen LogP contribution in [0.25, 0.3) is 0 Å². The smallest absolute Gasteiger partial charge is 0.337 e. The maximum absolute atomic E-state index is 11.5. The third-order valence-electron chi connectivity index (χ3n) is 4.07. The van der Waals surface area contributed by atoms with Crippen LogP contribution in [0.15, 0.2) is 42.5 Å². The minimum Gasteiger partial charge on any atom is -0.489 e. The summed E-state index contributed by atoms with van der Waals surface area (Å²) in [5, 5.41) is 0. The van der Waals surface area contributed by atoms with Gasteiger partial charge in [0.2, 0.25) is 0 Å². The molecule has 1 aliphatic carbocycles. The molecule has 0 bridgehead atoms. The van der Waals surface area contributed by atoms with Gasteiger partial charge in [0.15, 0.2) is 0 Å². The molecule has 0 atom stereocenters. The molecule has 0 N–H and O–H groups in total. The molecule has 1 aliphatic rings. The number of hydrogen-bond acceptors (Lipinski definition) is 3. The summed E-state index contributed by atoms with van der Waals surface area (Å²) < 4.78 is 10.6. The van der Waals surface area contributed by atoms with E-state index in [0.29, 0.717) is 12.2 Å². The number of methoxy groups -OCH3 is 1. The average Bonchev–Trinajstić information content (AvgIpc) is 2.59. The molecule has 2 aromatic rings. The molecule has 0 aliphatic heterocycles. The summed E-state index contributed by atoms with van der Waals surface area (Å²) in [7, 11) is 1.39. The molecule has 22 heavy (non-hydrogen) atoms. The molecular weight excluding hydrogens is 276 g/mol. The van der Waals surface area contributed by atoms with E-state index in [1.54, 1.807) is 6.07 Å². The number of carbonyl (C=O) groups excluding carboxylic acids is 1. The van der Waals surface area contributed by atoms with Crippen molar-refractivity contribution in [1.82, 2.24) is 0 Å². The van der Waals surface area contributed by atoms with Crippen LogP contribution < -0.4 is 4.74 Å². The second-order valence-electron chi connectivity index (χ2n) is 5.62. The van der Waals surface area contributed by atoms with Gasteiger partial charge in [0.1, 0.15) is 12.4 Å². The van der Waals surface area contributed by atoms with Gasteiger partial charge in [-0.2, -0.15) is 0 Å². The lowest BCUT2D eigenvalue weighted by Crippen LogP contribution is -2.04. The summed E-state index contributed by atoms with van der Waals surface area (Å²) in [5.41, 5.74) is 4.37. The molecule has 0 aromatic heterocycles. The summed E-state index contributed by atoms with van der Waals surface area (Å²) in [5.74, 6) is 0.569. The Morgan fingerprint density at radius 1 is 1.05 bits per heavy atom. The second-order valence-corrected chi connectivity index (χ2v) is 5.62. The summed E-state index contributed by atoms with van der Waals surface area (Å²) >= 11 is 0. The molecule has 2 aromatic carbocycles. The van der Waals surface area contributed by atoms with Crippen molar-refractivity contribution >= 4 is 5.97 Å². The van der Waals surface area contributed by atoms with Crippen LogP contribution >= 0.6 is 0 Å². The van der Waals surface area contributed by atoms with Crippen LogP contribution in [0.3, 0.4) is 0 Å². The Morgan fingerprint density at radius 2 is 1.86 bits per heavy atom. The Balaban J connectivity index is 1.68. The number of rotatable bonds is 4. The molecule has 0 fully saturated rings. The SMILES string of the molecule is COC(=O)c1cccc(COc2ccc3c(c2)CCCC3)c1. The molecule has 0 heterocycles. The number of carbonyl (C=O) groups is 1. The standard InChI is InChI=1S/C19H20O3/c1-21-19(20)17-8-4-5-14(11-17)13-22-18-10-9-15-6-2-3-7-16(15)12-18/h4-5,8-12H,2-3,6-7,13H2,1H3. The first kappa shape index (κ1) is 14.6. The number of benzene rings is 2. The molecule has 0 amide bonds. The highest BCUT2D eigenvalue weighted by Gasteiger charge is 2.10. The van der Waals surface area contributed by atoms with Gasteiger partial charge in [-0.05, 0) is 66.6 Å². The topological polar surface area (TPSA) is 35.5 Å². The normalized spacial score (nSPS) is 13.3. The van der Waals surface area contributed by atoms with Gasteiger partial charge >= 0.3 is 5.97 Å². The zero-order valence-electron chi connectivity index (χ0n) is 12.8. The maximum atomic E-state index is 11.5. The van der Waals surface area contributed by atoms with E-state index in [-0.39, 0.29) is 5.97 Å². The number of aryl methyl sites for hydroxylation is 2. The lowest BCUT2D eigenvalue weighted by molar-refractivity contribution is 0.0600. The van der Waals surface area contributed by atoms with Crippen LogP contribution in [-0.4, -0.2) is 13.1 Å². The van der Waals surface area contributed by atoms with Gasteiger partial charge in [-0.1, -0.05) is 18.2 Å². The summed E-state index contributed by atoms with van der Waals surface area (Å²) in [6, 6.07) is 13.7. The lowest BCUT2D eigenvalue weighted by atomic mass is 9.92. The molecule has 3 rings (SSSR count). The van der Waals surface area contributed by atoms with Crippen molar-refractivity contribution in [2.75, 3.05) is 7.11 Å². The molecule has 114 valence electrons. The van der Waals surface area contributed by atoms with Crippen LogP contribution in [0.4, 0.5) is 0 Å². The number of fused-ring (bicyclic) bond motifs is 1. The number of hydrogen-bond donors (Lipinski definition) is 0. The Bertz CT molecular complexity index is 676. The molecular formula is C19H20O3. The molecule has 3 nitrogen and oxygen atoms in total. The van der Waals surface area contributed by atoms with Crippen molar-refractivity contribution in [3.8, 4) is 5.75 Å². The first-order valence-corrected chi connectivity index (χ1v) is 7.68. The van der Waals surface area contributed by atoms with Crippen molar-refractivity contribution in [1.29, 1.82) is 0 Å². The van der Waals surface area contributed by atoms with Gasteiger partial charge < -0.3 is 9.47 Å². The quantitative estimate of drug-likeness (QED) is 0.802. The molecule has 0 radical (unpaired) electrons. The van der Waals surface area contributed by atoms with E-state index in [2.05, 4.69) is 12.1 Å². The lowest BCUT2D eigenvalue weighted by Gasteiger charge is -2.17. The fourth-order valence-electron chi connectivity index (χ4n) is 2.87. The van der Waals surface area contributed by atoms with E-state index in [4.69, 9.17) is 9.47 Å². The highest BCUT2D eigenvalue weighted by atomic mass is 16.5. The largest absolute Gasteiger partial charge is 0.489 e. The van der Waals surface area contributed by atoms with E-state index in [9.17, 15) is 4.79 Å². The first-order chi connectivity index (χ1) is 10.8. The number of esters is 1. The predicted molar refractivity (Wildman–Crippen MR) is 85.2 cm³/mol. The van der Waals surface area contributed by atoms with Crippen LogP contribution in [0.1, 0.15) is 39.9 Å². The van der Waals surface area contributed by atoms with Crippen LogP contribution in [0, 0.1) is 0 Å². The van der Waals surface area contributed by atoms with Crippen LogP contribution in [0.2, 0.25) is 0 Å². The predicted octanol–water partition coefficient (Wildman–Crippen LogP) is 3.93. The van der Waals surface area contributed by atoms with Crippen molar-refractivity contribution in [3.63, 3.8) is 0 Å². The molecule has 0 unspecified atom stereocenters. The second kappa shape index (κ2) is 6.65. The first-order valence-electron chi connectivity index (χ1n) is 7.68. The van der Waals surface area contributed by atoms with Gasteiger partial charge in [0.05, 0.1) is 12.7 Å². The molecule has 0 saturated heterocycles. The van der Waals surface area contributed by atoms with Gasteiger partial charge in [-0.3, -0.25) is 0 Å². The van der Waals surface area contributed by atoms with Crippen LogP contribution in [0.5, 0.6) is 5.75 Å². The summed E-state index contributed by atoms with van der Waals surface area (Å²) in [6.45, 7) is 0.448. The third-order valence-corrected chi connectivity index (χ3v) is 4.07. The van der Waals surface area contributed by atoms with E-state index >= 15 is 0 Å². The average molecular weight is 296 g/mol. The molecule has 3 heteroatoms. The monoisotopic (exact) mass is 296 g/mol. The summed E-state index contributed by atoms with van der Waals surface area (Å²) in [6.07, 6.45) is 4.87. The van der Waals surface area contributed by atoms with Gasteiger partial charge in [-0.15, -0.1) is 0 Å². The molecule has 0 saturated carbocycles.